The Labute approximate surface area is 118 Å². The van der Waals surface area contributed by atoms with E-state index in [1.54, 1.807) is 26.2 Å². The van der Waals surface area contributed by atoms with Crippen LogP contribution in [0.3, 0.4) is 0 Å². The second-order valence-corrected chi connectivity index (χ2v) is 4.50. The topological polar surface area (TPSA) is 47.0 Å². The molecular formula is C15H18FN3O. The molecule has 20 heavy (non-hydrogen) atoms. The lowest BCUT2D eigenvalue weighted by molar-refractivity contribution is 0.390. The summed E-state index contributed by atoms with van der Waals surface area (Å²) in [6.07, 6.45) is 0. The summed E-state index contributed by atoms with van der Waals surface area (Å²) in [5.41, 5.74) is 2.19. The number of ether oxygens (including phenoxy) is 1. The van der Waals surface area contributed by atoms with E-state index < -0.39 is 0 Å². The fourth-order valence-corrected chi connectivity index (χ4v) is 1.98. The van der Waals surface area contributed by atoms with Crippen molar-refractivity contribution in [3.05, 3.63) is 53.0 Å². The van der Waals surface area contributed by atoms with Gasteiger partial charge >= 0.3 is 0 Å². The van der Waals surface area contributed by atoms with Gasteiger partial charge < -0.3 is 10.1 Å². The third-order valence-electron chi connectivity index (χ3n) is 3.10. The Morgan fingerprint density at radius 3 is 2.60 bits per heavy atom. The lowest BCUT2D eigenvalue weighted by Crippen LogP contribution is -2.23. The van der Waals surface area contributed by atoms with Gasteiger partial charge in [-0.1, -0.05) is 19.1 Å². The van der Waals surface area contributed by atoms with E-state index in [-0.39, 0.29) is 11.9 Å². The second kappa shape index (κ2) is 6.43. The second-order valence-electron chi connectivity index (χ2n) is 4.50. The van der Waals surface area contributed by atoms with E-state index >= 15 is 0 Å². The van der Waals surface area contributed by atoms with Crippen molar-refractivity contribution in [3.8, 4) is 5.88 Å². The van der Waals surface area contributed by atoms with Crippen LogP contribution in [-0.2, 0) is 0 Å². The first-order valence-corrected chi connectivity index (χ1v) is 6.52. The lowest BCUT2D eigenvalue weighted by atomic mass is 10.0. The number of nitrogens with zero attached hydrogens (tertiary/aromatic N) is 2. The molecule has 5 heteroatoms. The normalized spacial score (nSPS) is 12.2. The maximum absolute atomic E-state index is 13.7. The molecule has 1 aromatic heterocycles. The first-order valence-electron chi connectivity index (χ1n) is 6.52. The number of halogens is 1. The van der Waals surface area contributed by atoms with Crippen molar-refractivity contribution >= 4 is 0 Å². The molecule has 106 valence electrons. The molecule has 1 aromatic carbocycles. The van der Waals surface area contributed by atoms with Crippen molar-refractivity contribution in [1.29, 1.82) is 0 Å². The van der Waals surface area contributed by atoms with Gasteiger partial charge in [-0.15, -0.1) is 10.2 Å². The molecule has 0 bridgehead atoms. The highest BCUT2D eigenvalue weighted by Crippen LogP contribution is 2.22. The molecule has 2 aromatic rings. The summed E-state index contributed by atoms with van der Waals surface area (Å²) >= 11 is 0. The van der Waals surface area contributed by atoms with Crippen molar-refractivity contribution in [2.75, 3.05) is 13.7 Å². The molecule has 0 fully saturated rings. The predicted molar refractivity (Wildman–Crippen MR) is 75.2 cm³/mol. The highest BCUT2D eigenvalue weighted by molar-refractivity contribution is 5.31. The number of nitrogens with one attached hydrogen (secondary N) is 1. The van der Waals surface area contributed by atoms with Gasteiger partial charge in [0.05, 0.1) is 18.8 Å². The van der Waals surface area contributed by atoms with Crippen LogP contribution in [0.4, 0.5) is 4.39 Å². The molecular weight excluding hydrogens is 257 g/mol. The molecule has 4 nitrogen and oxygen atoms in total. The Kier molecular flexibility index (Phi) is 4.63. The quantitative estimate of drug-likeness (QED) is 0.911. The smallest absolute Gasteiger partial charge is 0.233 e. The summed E-state index contributed by atoms with van der Waals surface area (Å²) in [6, 6.07) is 8.60. The maximum atomic E-state index is 13.7. The van der Waals surface area contributed by atoms with E-state index in [4.69, 9.17) is 4.74 Å². The van der Waals surface area contributed by atoms with E-state index in [1.165, 1.54) is 6.07 Å². The molecule has 0 aliphatic heterocycles. The summed E-state index contributed by atoms with van der Waals surface area (Å²) < 4.78 is 18.7. The molecule has 2 rings (SSSR count). The zero-order chi connectivity index (χ0) is 14.5. The summed E-state index contributed by atoms with van der Waals surface area (Å²) in [6.45, 7) is 4.48. The fourth-order valence-electron chi connectivity index (χ4n) is 1.98. The van der Waals surface area contributed by atoms with E-state index in [1.807, 2.05) is 19.1 Å². The van der Waals surface area contributed by atoms with Crippen LogP contribution in [0.1, 0.15) is 29.8 Å². The van der Waals surface area contributed by atoms with Crippen LogP contribution in [0.2, 0.25) is 0 Å². The van der Waals surface area contributed by atoms with Crippen LogP contribution in [0, 0.1) is 12.7 Å². The molecule has 0 radical (unpaired) electrons. The molecule has 0 saturated carbocycles. The standard InChI is InChI=1S/C15H18FN3O/c1-4-17-15(11-6-5-10(2)12(16)9-11)13-7-8-14(20-3)19-18-13/h5-9,15,17H,4H2,1-3H3. The zero-order valence-corrected chi connectivity index (χ0v) is 11.9. The van der Waals surface area contributed by atoms with Gasteiger partial charge in [0.2, 0.25) is 5.88 Å². The number of methoxy groups -OCH3 is 1. The molecule has 1 N–H and O–H groups in total. The SMILES string of the molecule is CCNC(c1ccc(C)c(F)c1)c1ccc(OC)nn1. The van der Waals surface area contributed by atoms with Crippen LogP contribution in [-0.4, -0.2) is 23.9 Å². The minimum atomic E-state index is -0.216. The monoisotopic (exact) mass is 275 g/mol. The number of hydrogen-bond acceptors (Lipinski definition) is 4. The van der Waals surface area contributed by atoms with Gasteiger partial charge in [-0.05, 0) is 36.7 Å². The molecule has 1 unspecified atom stereocenters. The minimum absolute atomic E-state index is 0.187. The highest BCUT2D eigenvalue weighted by Gasteiger charge is 2.16. The van der Waals surface area contributed by atoms with Gasteiger partial charge in [0.1, 0.15) is 5.82 Å². The first kappa shape index (κ1) is 14.4. The van der Waals surface area contributed by atoms with Crippen molar-refractivity contribution in [3.63, 3.8) is 0 Å². The Morgan fingerprint density at radius 2 is 2.05 bits per heavy atom. The van der Waals surface area contributed by atoms with Crippen LogP contribution in [0.25, 0.3) is 0 Å². The number of rotatable bonds is 5. The predicted octanol–water partition coefficient (Wildman–Crippen LogP) is 2.63. The summed E-state index contributed by atoms with van der Waals surface area (Å²) in [7, 11) is 1.54. The first-order chi connectivity index (χ1) is 9.65. The van der Waals surface area contributed by atoms with Crippen molar-refractivity contribution < 1.29 is 9.13 Å². The average Bonchev–Trinajstić information content (AvgIpc) is 2.48. The number of benzene rings is 1. The highest BCUT2D eigenvalue weighted by atomic mass is 19.1. The third-order valence-corrected chi connectivity index (χ3v) is 3.10. The molecule has 0 saturated heterocycles. The summed E-state index contributed by atoms with van der Waals surface area (Å²) in [4.78, 5) is 0. The summed E-state index contributed by atoms with van der Waals surface area (Å²) in [5, 5.41) is 11.4. The van der Waals surface area contributed by atoms with Gasteiger partial charge in [0, 0.05) is 6.07 Å². The Morgan fingerprint density at radius 1 is 1.25 bits per heavy atom. The third kappa shape index (κ3) is 3.11. The van der Waals surface area contributed by atoms with Gasteiger partial charge in [0.15, 0.2) is 0 Å². The van der Waals surface area contributed by atoms with Crippen LogP contribution >= 0.6 is 0 Å². The largest absolute Gasteiger partial charge is 0.480 e. The van der Waals surface area contributed by atoms with Crippen LogP contribution in [0.15, 0.2) is 30.3 Å². The molecule has 1 atom stereocenters. The fraction of sp³-hybridized carbons (Fsp3) is 0.333. The van der Waals surface area contributed by atoms with E-state index in [9.17, 15) is 4.39 Å². The number of hydrogen-bond donors (Lipinski definition) is 1. The average molecular weight is 275 g/mol. The van der Waals surface area contributed by atoms with Gasteiger partial charge in [-0.3, -0.25) is 0 Å². The van der Waals surface area contributed by atoms with Crippen LogP contribution in [0.5, 0.6) is 5.88 Å². The van der Waals surface area contributed by atoms with E-state index in [2.05, 4.69) is 15.5 Å². The Balaban J connectivity index is 2.35. The lowest BCUT2D eigenvalue weighted by Gasteiger charge is -2.18. The molecule has 0 aliphatic rings. The number of aryl methyl sites for hydroxylation is 1. The Bertz CT molecular complexity index is 572. The van der Waals surface area contributed by atoms with Crippen LogP contribution < -0.4 is 10.1 Å². The minimum Gasteiger partial charge on any atom is -0.480 e. The number of aromatic nitrogens is 2. The van der Waals surface area contributed by atoms with Gasteiger partial charge in [-0.25, -0.2) is 4.39 Å². The maximum Gasteiger partial charge on any atom is 0.233 e. The Hall–Kier alpha value is -2.01. The zero-order valence-electron chi connectivity index (χ0n) is 11.9. The van der Waals surface area contributed by atoms with Gasteiger partial charge in [-0.2, -0.15) is 0 Å². The van der Waals surface area contributed by atoms with Gasteiger partial charge in [0.25, 0.3) is 0 Å². The van der Waals surface area contributed by atoms with E-state index in [0.717, 1.165) is 17.8 Å². The molecule has 1 heterocycles. The van der Waals surface area contributed by atoms with Crippen molar-refractivity contribution in [1.82, 2.24) is 15.5 Å². The van der Waals surface area contributed by atoms with Crippen molar-refractivity contribution in [2.24, 2.45) is 0 Å². The molecule has 0 amide bonds. The van der Waals surface area contributed by atoms with Crippen molar-refractivity contribution in [2.45, 2.75) is 19.9 Å². The molecule has 0 aliphatic carbocycles. The molecule has 0 spiro atoms. The summed E-state index contributed by atoms with van der Waals surface area (Å²) in [5.74, 6) is 0.242. The van der Waals surface area contributed by atoms with E-state index in [0.29, 0.717) is 11.4 Å².